The Hall–Kier alpha value is -2.27. The molecule has 2 aromatic heterocycles. The summed E-state index contributed by atoms with van der Waals surface area (Å²) in [5, 5.41) is 16.9. The largest absolute Gasteiger partial charge is 0.478 e. The molecule has 90 valence electrons. The van der Waals surface area contributed by atoms with Crippen molar-refractivity contribution in [1.82, 2.24) is 15.2 Å². The standard InChI is InChI=1S/C12H8ClN3O2/c13-8-2-1-3-9-6(8)4-10(15-9)11-7(12(17)18)5-14-16-11/h1-5,15H,(H,14,16)(H,17,18). The molecule has 0 aliphatic rings. The van der Waals surface area contributed by atoms with Gasteiger partial charge in [-0.05, 0) is 18.2 Å². The van der Waals surface area contributed by atoms with E-state index >= 15 is 0 Å². The molecular formula is C12H8ClN3O2. The number of fused-ring (bicyclic) bond motifs is 1. The number of aromatic carboxylic acids is 1. The number of nitrogens with zero attached hydrogens (tertiary/aromatic N) is 1. The first-order valence-corrected chi connectivity index (χ1v) is 5.59. The molecule has 1 aromatic carbocycles. The Bertz CT molecular complexity index is 745. The molecule has 3 rings (SSSR count). The number of halogens is 1. The molecule has 0 fully saturated rings. The molecule has 18 heavy (non-hydrogen) atoms. The molecular weight excluding hydrogens is 254 g/mol. The van der Waals surface area contributed by atoms with Gasteiger partial charge in [0.25, 0.3) is 0 Å². The topological polar surface area (TPSA) is 81.8 Å². The lowest BCUT2D eigenvalue weighted by molar-refractivity contribution is 0.0698. The lowest BCUT2D eigenvalue weighted by Crippen LogP contribution is -1.96. The van der Waals surface area contributed by atoms with E-state index in [0.29, 0.717) is 16.4 Å². The summed E-state index contributed by atoms with van der Waals surface area (Å²) in [6.07, 6.45) is 1.28. The molecule has 5 nitrogen and oxygen atoms in total. The van der Waals surface area contributed by atoms with Crippen LogP contribution in [0.3, 0.4) is 0 Å². The zero-order chi connectivity index (χ0) is 12.7. The van der Waals surface area contributed by atoms with Crippen molar-refractivity contribution < 1.29 is 9.90 Å². The lowest BCUT2D eigenvalue weighted by Gasteiger charge is -1.94. The van der Waals surface area contributed by atoms with Crippen LogP contribution in [-0.2, 0) is 0 Å². The van der Waals surface area contributed by atoms with E-state index in [1.54, 1.807) is 12.1 Å². The smallest absolute Gasteiger partial charge is 0.339 e. The second-order valence-corrected chi connectivity index (χ2v) is 4.26. The average Bonchev–Trinajstić information content (AvgIpc) is 2.95. The van der Waals surface area contributed by atoms with Crippen LogP contribution in [0.5, 0.6) is 0 Å². The summed E-state index contributed by atoms with van der Waals surface area (Å²) in [7, 11) is 0. The van der Waals surface area contributed by atoms with Gasteiger partial charge in [-0.25, -0.2) is 4.79 Å². The van der Waals surface area contributed by atoms with Crippen LogP contribution in [0.4, 0.5) is 0 Å². The van der Waals surface area contributed by atoms with E-state index in [1.807, 2.05) is 12.1 Å². The number of aromatic amines is 2. The molecule has 0 saturated heterocycles. The molecule has 3 aromatic rings. The number of carbonyl (C=O) groups is 1. The van der Waals surface area contributed by atoms with Crippen LogP contribution in [-0.4, -0.2) is 26.3 Å². The van der Waals surface area contributed by atoms with Crippen LogP contribution in [0.1, 0.15) is 10.4 Å². The van der Waals surface area contributed by atoms with Crippen molar-refractivity contribution in [3.05, 3.63) is 41.0 Å². The maximum Gasteiger partial charge on any atom is 0.339 e. The molecule has 0 amide bonds. The Morgan fingerprint density at radius 1 is 1.39 bits per heavy atom. The number of hydrogen-bond donors (Lipinski definition) is 3. The highest BCUT2D eigenvalue weighted by Crippen LogP contribution is 2.29. The van der Waals surface area contributed by atoms with Crippen LogP contribution in [0, 0.1) is 0 Å². The van der Waals surface area contributed by atoms with Crippen LogP contribution < -0.4 is 0 Å². The van der Waals surface area contributed by atoms with E-state index in [9.17, 15) is 4.79 Å². The first-order valence-electron chi connectivity index (χ1n) is 5.21. The Morgan fingerprint density at radius 3 is 2.94 bits per heavy atom. The minimum atomic E-state index is -1.02. The Kier molecular flexibility index (Phi) is 2.34. The predicted octanol–water partition coefficient (Wildman–Crippen LogP) is 2.91. The fraction of sp³-hybridized carbons (Fsp3) is 0. The van der Waals surface area contributed by atoms with E-state index in [2.05, 4.69) is 15.2 Å². The molecule has 0 radical (unpaired) electrons. The average molecular weight is 262 g/mol. The van der Waals surface area contributed by atoms with Crippen LogP contribution >= 0.6 is 11.6 Å². The Balaban J connectivity index is 2.23. The minimum Gasteiger partial charge on any atom is -0.478 e. The van der Waals surface area contributed by atoms with Crippen molar-refractivity contribution in [3.8, 4) is 11.4 Å². The van der Waals surface area contributed by atoms with Gasteiger partial charge in [0.05, 0.1) is 17.6 Å². The molecule has 0 unspecified atom stereocenters. The van der Waals surface area contributed by atoms with Crippen molar-refractivity contribution in [3.63, 3.8) is 0 Å². The van der Waals surface area contributed by atoms with Crippen molar-refractivity contribution >= 4 is 28.5 Å². The van der Waals surface area contributed by atoms with Gasteiger partial charge in [-0.3, -0.25) is 5.10 Å². The number of carboxylic acid groups (broad SMARTS) is 1. The molecule has 0 atom stereocenters. The van der Waals surface area contributed by atoms with Gasteiger partial charge >= 0.3 is 5.97 Å². The maximum absolute atomic E-state index is 11.0. The molecule has 2 heterocycles. The molecule has 0 spiro atoms. The number of rotatable bonds is 2. The molecule has 3 N–H and O–H groups in total. The summed E-state index contributed by atoms with van der Waals surface area (Å²) < 4.78 is 0. The third-order valence-corrected chi connectivity index (χ3v) is 3.08. The molecule has 6 heteroatoms. The van der Waals surface area contributed by atoms with E-state index in [0.717, 1.165) is 10.9 Å². The van der Waals surface area contributed by atoms with Gasteiger partial charge in [-0.1, -0.05) is 17.7 Å². The fourth-order valence-corrected chi connectivity index (χ4v) is 2.14. The highest BCUT2D eigenvalue weighted by Gasteiger charge is 2.16. The van der Waals surface area contributed by atoms with Gasteiger partial charge in [0.1, 0.15) is 5.56 Å². The SMILES string of the molecule is O=C(O)c1cn[nH]c1-c1cc2c(Cl)cccc2[nH]1. The van der Waals surface area contributed by atoms with E-state index < -0.39 is 5.97 Å². The highest BCUT2D eigenvalue weighted by molar-refractivity contribution is 6.35. The van der Waals surface area contributed by atoms with Gasteiger partial charge in [-0.2, -0.15) is 5.10 Å². The van der Waals surface area contributed by atoms with Gasteiger partial charge in [0, 0.05) is 15.9 Å². The van der Waals surface area contributed by atoms with Crippen molar-refractivity contribution in [2.75, 3.05) is 0 Å². The lowest BCUT2D eigenvalue weighted by atomic mass is 10.2. The first-order chi connectivity index (χ1) is 8.66. The minimum absolute atomic E-state index is 0.123. The summed E-state index contributed by atoms with van der Waals surface area (Å²) in [4.78, 5) is 14.2. The zero-order valence-corrected chi connectivity index (χ0v) is 9.82. The van der Waals surface area contributed by atoms with Crippen LogP contribution in [0.15, 0.2) is 30.5 Å². The zero-order valence-electron chi connectivity index (χ0n) is 9.07. The Morgan fingerprint density at radius 2 is 2.22 bits per heavy atom. The number of carboxylic acids is 1. The predicted molar refractivity (Wildman–Crippen MR) is 67.8 cm³/mol. The maximum atomic E-state index is 11.0. The van der Waals surface area contributed by atoms with Crippen LogP contribution in [0.25, 0.3) is 22.3 Å². The van der Waals surface area contributed by atoms with Gasteiger partial charge in [0.15, 0.2) is 0 Å². The number of nitrogens with one attached hydrogen (secondary N) is 2. The number of benzene rings is 1. The Labute approximate surface area is 106 Å². The second kappa shape index (κ2) is 3.89. The first kappa shape index (κ1) is 10.9. The fourth-order valence-electron chi connectivity index (χ4n) is 1.91. The second-order valence-electron chi connectivity index (χ2n) is 3.85. The molecule has 0 aliphatic carbocycles. The summed E-state index contributed by atoms with van der Waals surface area (Å²) in [6, 6.07) is 7.29. The summed E-state index contributed by atoms with van der Waals surface area (Å²) in [6.45, 7) is 0. The summed E-state index contributed by atoms with van der Waals surface area (Å²) >= 11 is 6.07. The molecule has 0 saturated carbocycles. The number of aromatic nitrogens is 3. The van der Waals surface area contributed by atoms with Crippen molar-refractivity contribution in [2.45, 2.75) is 0 Å². The highest BCUT2D eigenvalue weighted by atomic mass is 35.5. The third kappa shape index (κ3) is 1.56. The van der Waals surface area contributed by atoms with Crippen molar-refractivity contribution in [2.24, 2.45) is 0 Å². The summed E-state index contributed by atoms with van der Waals surface area (Å²) in [5.41, 5.74) is 2.06. The van der Waals surface area contributed by atoms with Gasteiger partial charge in [-0.15, -0.1) is 0 Å². The van der Waals surface area contributed by atoms with E-state index in [-0.39, 0.29) is 5.56 Å². The number of H-pyrrole nitrogens is 2. The van der Waals surface area contributed by atoms with E-state index in [4.69, 9.17) is 16.7 Å². The summed E-state index contributed by atoms with van der Waals surface area (Å²) in [5.74, 6) is -1.02. The van der Waals surface area contributed by atoms with Crippen LogP contribution in [0.2, 0.25) is 5.02 Å². The quantitative estimate of drug-likeness (QED) is 0.663. The third-order valence-electron chi connectivity index (χ3n) is 2.75. The normalized spacial score (nSPS) is 10.9. The van der Waals surface area contributed by atoms with Gasteiger partial charge < -0.3 is 10.1 Å². The monoisotopic (exact) mass is 261 g/mol. The van der Waals surface area contributed by atoms with E-state index in [1.165, 1.54) is 6.20 Å². The molecule has 0 bridgehead atoms. The molecule has 0 aliphatic heterocycles. The van der Waals surface area contributed by atoms with Crippen molar-refractivity contribution in [1.29, 1.82) is 0 Å². The number of hydrogen-bond acceptors (Lipinski definition) is 2. The van der Waals surface area contributed by atoms with Gasteiger partial charge in [0.2, 0.25) is 0 Å².